The van der Waals surface area contributed by atoms with Crippen LogP contribution in [-0.4, -0.2) is 35.6 Å². The highest BCUT2D eigenvalue weighted by molar-refractivity contribution is 5.20. The zero-order valence-electron chi connectivity index (χ0n) is 12.7. The first kappa shape index (κ1) is 13.4. The molecular weight excluding hydrogens is 208 g/mol. The Morgan fingerprint density at radius 2 is 1.59 bits per heavy atom. The Kier molecular flexibility index (Phi) is 2.91. The predicted molar refractivity (Wildman–Crippen MR) is 74.2 cm³/mol. The van der Waals surface area contributed by atoms with Crippen LogP contribution in [0.25, 0.3) is 0 Å². The highest BCUT2D eigenvalue weighted by Gasteiger charge is 2.68. The summed E-state index contributed by atoms with van der Waals surface area (Å²) < 4.78 is 0. The van der Waals surface area contributed by atoms with Gasteiger partial charge in [-0.05, 0) is 31.1 Å². The van der Waals surface area contributed by atoms with Crippen LogP contribution in [0.1, 0.15) is 54.9 Å². The van der Waals surface area contributed by atoms with Crippen molar-refractivity contribution in [1.29, 1.82) is 0 Å². The standard InChI is InChI=1S/C15H30N2/c1-8-11-9-16-13(2,3)10-17(11)12-14(4,5)15(12,6)7/h11-12,16H,8-10H2,1-7H3. The molecule has 1 N–H and O–H groups in total. The van der Waals surface area contributed by atoms with E-state index in [1.165, 1.54) is 13.0 Å². The third-order valence-electron chi connectivity index (χ3n) is 5.61. The van der Waals surface area contributed by atoms with E-state index in [1.54, 1.807) is 0 Å². The minimum atomic E-state index is 0.264. The molecule has 100 valence electrons. The second-order valence-electron chi connectivity index (χ2n) is 7.85. The largest absolute Gasteiger partial charge is 0.309 e. The number of nitrogens with zero attached hydrogens (tertiary/aromatic N) is 1. The van der Waals surface area contributed by atoms with Gasteiger partial charge in [0.05, 0.1) is 0 Å². The fraction of sp³-hybridized carbons (Fsp3) is 1.00. The summed E-state index contributed by atoms with van der Waals surface area (Å²) in [6.07, 6.45) is 1.26. The first-order valence-electron chi connectivity index (χ1n) is 7.14. The Bertz CT molecular complexity index is 290. The van der Waals surface area contributed by atoms with Crippen molar-refractivity contribution in [2.45, 2.75) is 72.5 Å². The van der Waals surface area contributed by atoms with Gasteiger partial charge in [-0.3, -0.25) is 4.90 Å². The molecular formula is C15H30N2. The van der Waals surface area contributed by atoms with Gasteiger partial charge in [0.25, 0.3) is 0 Å². The van der Waals surface area contributed by atoms with Gasteiger partial charge in [0.15, 0.2) is 0 Å². The lowest BCUT2D eigenvalue weighted by Gasteiger charge is -2.45. The Labute approximate surface area is 107 Å². The molecule has 0 aromatic rings. The summed E-state index contributed by atoms with van der Waals surface area (Å²) in [4.78, 5) is 2.79. The first-order valence-corrected chi connectivity index (χ1v) is 7.14. The predicted octanol–water partition coefficient (Wildman–Crippen LogP) is 2.88. The van der Waals surface area contributed by atoms with E-state index in [-0.39, 0.29) is 5.54 Å². The maximum atomic E-state index is 3.69. The monoisotopic (exact) mass is 238 g/mol. The van der Waals surface area contributed by atoms with E-state index in [1.807, 2.05) is 0 Å². The van der Waals surface area contributed by atoms with Gasteiger partial charge in [-0.15, -0.1) is 0 Å². The molecule has 2 fully saturated rings. The molecule has 1 unspecified atom stereocenters. The van der Waals surface area contributed by atoms with Crippen LogP contribution in [0, 0.1) is 10.8 Å². The molecule has 0 aromatic heterocycles. The molecule has 0 bridgehead atoms. The maximum Gasteiger partial charge on any atom is 0.0253 e. The highest BCUT2D eigenvalue weighted by Crippen LogP contribution is 2.65. The average molecular weight is 238 g/mol. The van der Waals surface area contributed by atoms with E-state index in [9.17, 15) is 0 Å². The van der Waals surface area contributed by atoms with Gasteiger partial charge in [-0.1, -0.05) is 34.6 Å². The van der Waals surface area contributed by atoms with Gasteiger partial charge >= 0.3 is 0 Å². The van der Waals surface area contributed by atoms with Crippen molar-refractivity contribution < 1.29 is 0 Å². The van der Waals surface area contributed by atoms with Crippen LogP contribution in [0.4, 0.5) is 0 Å². The van der Waals surface area contributed by atoms with Crippen molar-refractivity contribution in [3.05, 3.63) is 0 Å². The van der Waals surface area contributed by atoms with Gasteiger partial charge in [-0.2, -0.15) is 0 Å². The molecule has 2 nitrogen and oxygen atoms in total. The molecule has 0 amide bonds. The number of hydrogen-bond donors (Lipinski definition) is 1. The molecule has 2 heteroatoms. The van der Waals surface area contributed by atoms with E-state index in [4.69, 9.17) is 0 Å². The number of hydrogen-bond acceptors (Lipinski definition) is 2. The van der Waals surface area contributed by atoms with Crippen LogP contribution in [0.3, 0.4) is 0 Å². The summed E-state index contributed by atoms with van der Waals surface area (Å²) >= 11 is 0. The number of piperazine rings is 1. The SMILES string of the molecule is CCC1CNC(C)(C)CN1C1C(C)(C)C1(C)C. The van der Waals surface area contributed by atoms with Gasteiger partial charge in [-0.25, -0.2) is 0 Å². The van der Waals surface area contributed by atoms with E-state index in [0.29, 0.717) is 16.9 Å². The molecule has 1 saturated heterocycles. The third-order valence-corrected chi connectivity index (χ3v) is 5.61. The van der Waals surface area contributed by atoms with Crippen LogP contribution in [0.5, 0.6) is 0 Å². The molecule has 1 aliphatic heterocycles. The highest BCUT2D eigenvalue weighted by atomic mass is 15.3. The Morgan fingerprint density at radius 1 is 1.06 bits per heavy atom. The van der Waals surface area contributed by atoms with E-state index in [2.05, 4.69) is 58.7 Å². The number of rotatable bonds is 2. The molecule has 1 aliphatic carbocycles. The molecule has 0 radical (unpaired) electrons. The lowest BCUT2D eigenvalue weighted by molar-refractivity contribution is 0.0684. The molecule has 0 spiro atoms. The molecule has 17 heavy (non-hydrogen) atoms. The average Bonchev–Trinajstić information content (AvgIpc) is 2.56. The fourth-order valence-corrected chi connectivity index (χ4v) is 3.82. The molecule has 1 atom stereocenters. The van der Waals surface area contributed by atoms with Crippen LogP contribution < -0.4 is 5.32 Å². The minimum Gasteiger partial charge on any atom is -0.309 e. The minimum absolute atomic E-state index is 0.264. The molecule has 1 heterocycles. The summed E-state index contributed by atoms with van der Waals surface area (Å²) in [5, 5.41) is 3.69. The van der Waals surface area contributed by atoms with Crippen molar-refractivity contribution in [2.75, 3.05) is 13.1 Å². The van der Waals surface area contributed by atoms with E-state index >= 15 is 0 Å². The van der Waals surface area contributed by atoms with Gasteiger partial charge in [0.2, 0.25) is 0 Å². The van der Waals surface area contributed by atoms with Crippen molar-refractivity contribution in [2.24, 2.45) is 10.8 Å². The van der Waals surface area contributed by atoms with Crippen molar-refractivity contribution in [1.82, 2.24) is 10.2 Å². The van der Waals surface area contributed by atoms with Crippen molar-refractivity contribution in [3.63, 3.8) is 0 Å². The smallest absolute Gasteiger partial charge is 0.0253 e. The summed E-state index contributed by atoms with van der Waals surface area (Å²) in [6, 6.07) is 1.47. The lowest BCUT2D eigenvalue weighted by Crippen LogP contribution is -2.62. The maximum absolute atomic E-state index is 3.69. The fourth-order valence-electron chi connectivity index (χ4n) is 3.82. The Balaban J connectivity index is 2.18. The first-order chi connectivity index (χ1) is 7.63. The van der Waals surface area contributed by atoms with Crippen LogP contribution in [-0.2, 0) is 0 Å². The summed E-state index contributed by atoms with van der Waals surface area (Å²) in [6.45, 7) is 19.0. The Hall–Kier alpha value is -0.0800. The van der Waals surface area contributed by atoms with Crippen LogP contribution >= 0.6 is 0 Å². The zero-order chi connectivity index (χ0) is 13.1. The molecule has 1 saturated carbocycles. The second-order valence-corrected chi connectivity index (χ2v) is 7.85. The van der Waals surface area contributed by atoms with E-state index < -0.39 is 0 Å². The summed E-state index contributed by atoms with van der Waals surface area (Å²) in [5.41, 5.74) is 1.20. The lowest BCUT2D eigenvalue weighted by atomic mass is 9.96. The van der Waals surface area contributed by atoms with Gasteiger partial charge < -0.3 is 5.32 Å². The Morgan fingerprint density at radius 3 is 2.00 bits per heavy atom. The van der Waals surface area contributed by atoms with Crippen LogP contribution in [0.15, 0.2) is 0 Å². The summed E-state index contributed by atoms with van der Waals surface area (Å²) in [5.74, 6) is 0. The van der Waals surface area contributed by atoms with Gasteiger partial charge in [0, 0.05) is 30.7 Å². The zero-order valence-corrected chi connectivity index (χ0v) is 12.7. The summed E-state index contributed by atoms with van der Waals surface area (Å²) in [7, 11) is 0. The quantitative estimate of drug-likeness (QED) is 0.796. The normalized spacial score (nSPS) is 35.8. The van der Waals surface area contributed by atoms with Crippen molar-refractivity contribution >= 4 is 0 Å². The molecule has 2 aliphatic rings. The van der Waals surface area contributed by atoms with Gasteiger partial charge in [0.1, 0.15) is 0 Å². The topological polar surface area (TPSA) is 15.3 Å². The van der Waals surface area contributed by atoms with E-state index in [0.717, 1.165) is 12.6 Å². The van der Waals surface area contributed by atoms with Crippen LogP contribution in [0.2, 0.25) is 0 Å². The molecule has 0 aromatic carbocycles. The second kappa shape index (κ2) is 3.71. The van der Waals surface area contributed by atoms with Crippen molar-refractivity contribution in [3.8, 4) is 0 Å². The molecule has 2 rings (SSSR count). The number of nitrogens with one attached hydrogen (secondary N) is 1. The third kappa shape index (κ3) is 1.94.